The summed E-state index contributed by atoms with van der Waals surface area (Å²) in [6, 6.07) is 10.6. The van der Waals surface area contributed by atoms with Crippen molar-refractivity contribution in [2.24, 2.45) is 0 Å². The topological polar surface area (TPSA) is 98.3 Å². The van der Waals surface area contributed by atoms with Gasteiger partial charge in [0, 0.05) is 63.5 Å². The Balaban J connectivity index is 1.27. The van der Waals surface area contributed by atoms with Crippen LogP contribution in [0.5, 0.6) is 5.75 Å². The number of methoxy groups -OCH3 is 1. The van der Waals surface area contributed by atoms with Gasteiger partial charge in [-0.1, -0.05) is 6.58 Å². The predicted octanol–water partition coefficient (Wildman–Crippen LogP) is 5.12. The standard InChI is InChI=1S/C33H41FN8O3/c1-4-33(43)38-26-19-27(30(44-3)20-29(26)41-13-11-39(2)12-14-41)37-31-21-32(36-22-35-31)42-28(8-15-45-42)23-16-24(34)18-25(17-23)40-9-6-5-7-10-40/h4,16-22,28H,1,5-15H2,2-3H3,(H,38,43)(H,35,36,37)/t28-/m1/s1. The number of nitrogens with zero attached hydrogens (tertiary/aromatic N) is 6. The van der Waals surface area contributed by atoms with Crippen molar-refractivity contribution in [2.75, 3.05) is 85.5 Å². The Bertz CT molecular complexity index is 1520. The maximum Gasteiger partial charge on any atom is 0.247 e. The third kappa shape index (κ3) is 6.97. The summed E-state index contributed by atoms with van der Waals surface area (Å²) in [5, 5.41) is 8.04. The molecule has 2 aromatic carbocycles. The van der Waals surface area contributed by atoms with E-state index in [2.05, 4.69) is 55.0 Å². The van der Waals surface area contributed by atoms with E-state index in [0.29, 0.717) is 41.8 Å². The summed E-state index contributed by atoms with van der Waals surface area (Å²) in [7, 11) is 3.71. The maximum absolute atomic E-state index is 14.9. The minimum atomic E-state index is -0.302. The lowest BCUT2D eigenvalue weighted by Gasteiger charge is -2.35. The third-order valence-electron chi connectivity index (χ3n) is 8.66. The van der Waals surface area contributed by atoms with Gasteiger partial charge in [-0.05, 0) is 62.2 Å². The summed E-state index contributed by atoms with van der Waals surface area (Å²) in [5.41, 5.74) is 3.89. The molecule has 0 aliphatic carbocycles. The second-order valence-corrected chi connectivity index (χ2v) is 11.7. The molecule has 2 N–H and O–H groups in total. The van der Waals surface area contributed by atoms with Gasteiger partial charge in [0.25, 0.3) is 0 Å². The smallest absolute Gasteiger partial charge is 0.247 e. The van der Waals surface area contributed by atoms with Crippen LogP contribution in [0, 0.1) is 5.82 Å². The number of likely N-dealkylation sites (N-methyl/N-ethyl adjacent to an activating group) is 1. The predicted molar refractivity (Wildman–Crippen MR) is 175 cm³/mol. The molecule has 238 valence electrons. The molecule has 1 aromatic heterocycles. The first-order valence-electron chi connectivity index (χ1n) is 15.6. The lowest BCUT2D eigenvalue weighted by molar-refractivity contribution is -0.111. The van der Waals surface area contributed by atoms with E-state index in [-0.39, 0.29) is 17.8 Å². The van der Waals surface area contributed by atoms with Crippen molar-refractivity contribution < 1.29 is 18.8 Å². The zero-order valence-electron chi connectivity index (χ0n) is 26.0. The average Bonchev–Trinajstić information content (AvgIpc) is 3.56. The van der Waals surface area contributed by atoms with Crippen LogP contribution in [0.4, 0.5) is 38.8 Å². The molecule has 0 saturated carbocycles. The highest BCUT2D eigenvalue weighted by Crippen LogP contribution is 2.40. The number of nitrogens with one attached hydrogen (secondary N) is 2. The zero-order chi connectivity index (χ0) is 31.3. The number of halogens is 1. The van der Waals surface area contributed by atoms with Gasteiger partial charge in [0.15, 0.2) is 5.82 Å². The number of piperazine rings is 1. The summed E-state index contributed by atoms with van der Waals surface area (Å²) in [5.74, 6) is 1.10. The van der Waals surface area contributed by atoms with E-state index in [4.69, 9.17) is 9.57 Å². The van der Waals surface area contributed by atoms with Crippen molar-refractivity contribution in [3.63, 3.8) is 0 Å². The molecule has 3 saturated heterocycles. The van der Waals surface area contributed by atoms with Gasteiger partial charge in [0.05, 0.1) is 36.8 Å². The van der Waals surface area contributed by atoms with Crippen molar-refractivity contribution in [3.05, 3.63) is 66.8 Å². The van der Waals surface area contributed by atoms with Crippen LogP contribution in [-0.4, -0.2) is 80.8 Å². The molecular weight excluding hydrogens is 575 g/mol. The number of carbonyl (C=O) groups is 1. The number of rotatable bonds is 9. The Morgan fingerprint density at radius 3 is 2.56 bits per heavy atom. The molecule has 45 heavy (non-hydrogen) atoms. The van der Waals surface area contributed by atoms with Gasteiger partial charge in [-0.2, -0.15) is 0 Å². The molecule has 0 spiro atoms. The monoisotopic (exact) mass is 616 g/mol. The fourth-order valence-electron chi connectivity index (χ4n) is 6.22. The molecule has 3 fully saturated rings. The van der Waals surface area contributed by atoms with Crippen LogP contribution in [-0.2, 0) is 9.63 Å². The molecule has 1 atom stereocenters. The van der Waals surface area contributed by atoms with Gasteiger partial charge in [-0.25, -0.2) is 19.4 Å². The van der Waals surface area contributed by atoms with Gasteiger partial charge >= 0.3 is 0 Å². The number of amides is 1. The Labute approximate surface area is 263 Å². The molecule has 0 bridgehead atoms. The number of aromatic nitrogens is 2. The van der Waals surface area contributed by atoms with Gasteiger partial charge in [0.2, 0.25) is 5.91 Å². The summed E-state index contributed by atoms with van der Waals surface area (Å²) in [6.45, 7) is 9.44. The number of carbonyl (C=O) groups excluding carboxylic acids is 1. The highest BCUT2D eigenvalue weighted by molar-refractivity contribution is 6.02. The van der Waals surface area contributed by atoms with Gasteiger partial charge in [-0.3, -0.25) is 9.63 Å². The van der Waals surface area contributed by atoms with Gasteiger partial charge in [0.1, 0.15) is 23.7 Å². The Morgan fingerprint density at radius 2 is 1.80 bits per heavy atom. The summed E-state index contributed by atoms with van der Waals surface area (Å²) in [6.07, 6.45) is 6.86. The number of hydrogen-bond donors (Lipinski definition) is 2. The molecular formula is C33H41FN8O3. The molecule has 6 rings (SSSR count). The van der Waals surface area contributed by atoms with Crippen molar-refractivity contribution in [1.82, 2.24) is 14.9 Å². The van der Waals surface area contributed by atoms with Crippen molar-refractivity contribution in [3.8, 4) is 5.75 Å². The molecule has 0 unspecified atom stereocenters. The summed E-state index contributed by atoms with van der Waals surface area (Å²) >= 11 is 0. The minimum absolute atomic E-state index is 0.204. The first-order valence-corrected chi connectivity index (χ1v) is 15.6. The van der Waals surface area contributed by atoms with Crippen LogP contribution in [0.25, 0.3) is 0 Å². The molecule has 1 amide bonds. The molecule has 3 aromatic rings. The van der Waals surface area contributed by atoms with E-state index in [1.807, 2.05) is 12.1 Å². The van der Waals surface area contributed by atoms with E-state index in [9.17, 15) is 9.18 Å². The van der Waals surface area contributed by atoms with E-state index in [1.165, 1.54) is 18.8 Å². The van der Waals surface area contributed by atoms with Crippen LogP contribution >= 0.6 is 0 Å². The van der Waals surface area contributed by atoms with Gasteiger partial charge < -0.3 is 30.1 Å². The molecule has 12 heteroatoms. The van der Waals surface area contributed by atoms with Crippen LogP contribution < -0.4 is 30.2 Å². The molecule has 11 nitrogen and oxygen atoms in total. The summed E-state index contributed by atoms with van der Waals surface area (Å²) in [4.78, 5) is 34.1. The van der Waals surface area contributed by atoms with Gasteiger partial charge in [-0.15, -0.1) is 0 Å². The second-order valence-electron chi connectivity index (χ2n) is 11.7. The number of piperidine rings is 1. The summed E-state index contributed by atoms with van der Waals surface area (Å²) < 4.78 is 20.7. The molecule has 0 radical (unpaired) electrons. The number of hydrogen-bond acceptors (Lipinski definition) is 10. The fourth-order valence-corrected chi connectivity index (χ4v) is 6.22. The SMILES string of the molecule is C=CC(=O)Nc1cc(Nc2cc(N3OCC[C@@H]3c3cc(F)cc(N4CCCCC4)c3)ncn2)c(OC)cc1N1CCN(C)CC1. The van der Waals surface area contributed by atoms with Crippen LogP contribution in [0.2, 0.25) is 0 Å². The van der Waals surface area contributed by atoms with Crippen LogP contribution in [0.15, 0.2) is 55.4 Å². The van der Waals surface area contributed by atoms with Crippen LogP contribution in [0.3, 0.4) is 0 Å². The zero-order valence-corrected chi connectivity index (χ0v) is 26.0. The number of anilines is 6. The van der Waals surface area contributed by atoms with E-state index in [0.717, 1.165) is 69.0 Å². The van der Waals surface area contributed by atoms with Crippen LogP contribution in [0.1, 0.15) is 37.3 Å². The number of hydroxylamine groups is 1. The number of ether oxygens (including phenoxy) is 1. The average molecular weight is 617 g/mol. The Morgan fingerprint density at radius 1 is 1.00 bits per heavy atom. The molecule has 4 heterocycles. The van der Waals surface area contributed by atoms with E-state index < -0.39 is 0 Å². The third-order valence-corrected chi connectivity index (χ3v) is 8.66. The second kappa shape index (κ2) is 13.7. The lowest BCUT2D eigenvalue weighted by atomic mass is 10.0. The van der Waals surface area contributed by atoms with Crippen molar-refractivity contribution in [2.45, 2.75) is 31.7 Å². The highest BCUT2D eigenvalue weighted by atomic mass is 19.1. The Kier molecular flexibility index (Phi) is 9.31. The number of benzene rings is 2. The molecule has 3 aliphatic heterocycles. The normalized spacial score (nSPS) is 19.0. The fraction of sp³-hybridized carbons (Fsp3) is 0.424. The first-order chi connectivity index (χ1) is 21.9. The Hall–Kier alpha value is -4.42. The minimum Gasteiger partial charge on any atom is -0.494 e. The molecule has 3 aliphatic rings. The van der Waals surface area contributed by atoms with Crippen molar-refractivity contribution >= 4 is 40.3 Å². The highest BCUT2D eigenvalue weighted by Gasteiger charge is 2.31. The lowest BCUT2D eigenvalue weighted by Crippen LogP contribution is -2.44. The maximum atomic E-state index is 14.9. The van der Waals surface area contributed by atoms with E-state index >= 15 is 0 Å². The quantitative estimate of drug-likeness (QED) is 0.316. The first kappa shape index (κ1) is 30.6. The van der Waals surface area contributed by atoms with Crippen molar-refractivity contribution in [1.29, 1.82) is 0 Å². The largest absolute Gasteiger partial charge is 0.494 e. The van der Waals surface area contributed by atoms with E-state index in [1.54, 1.807) is 30.4 Å².